The van der Waals surface area contributed by atoms with Crippen molar-refractivity contribution in [2.24, 2.45) is 17.8 Å². The van der Waals surface area contributed by atoms with Crippen molar-refractivity contribution in [3.63, 3.8) is 0 Å². The van der Waals surface area contributed by atoms with E-state index in [1.807, 2.05) is 30.3 Å². The molecule has 0 saturated heterocycles. The number of rotatable bonds is 19. The summed E-state index contributed by atoms with van der Waals surface area (Å²) in [7, 11) is 1.33. The molecule has 310 valence electrons. The quantitative estimate of drug-likeness (QED) is 0.0770. The topological polar surface area (TPSA) is 181 Å². The van der Waals surface area contributed by atoms with E-state index in [-0.39, 0.29) is 42.6 Å². The van der Waals surface area contributed by atoms with Crippen LogP contribution in [0.25, 0.3) is 0 Å². The van der Waals surface area contributed by atoms with Crippen molar-refractivity contribution in [1.82, 2.24) is 4.98 Å². The molecule has 4 atom stereocenters. The minimum atomic E-state index is -1.51. The Bertz CT molecular complexity index is 1910. The predicted molar refractivity (Wildman–Crippen MR) is 214 cm³/mol. The summed E-state index contributed by atoms with van der Waals surface area (Å²) >= 11 is 0. The number of ether oxygens (including phenoxy) is 4. The standard InChI is InChI=1S/C45H54N2O11/c1-28(2)45(54)58-42-29(3)39(51)41(53)34(25-36(48)40(52)33(42)24-31-18-12-10-13-19-31)47-35-26-46-30(4)43(44(35)55-5)57-38(50)23-17-9-7-6-8-16-22-37(49)56-27-32-20-14-11-15-21-32/h10-15,18-21,26,28-29,33-34,42,47H,6-9,16-17,22-25,27H2,1-5H3/t29-,33+,34+,42-/m1/s1. The third-order valence-electron chi connectivity index (χ3n) is 10.1. The van der Waals surface area contributed by atoms with Crippen LogP contribution in [0.4, 0.5) is 5.69 Å². The van der Waals surface area contributed by atoms with Crippen LogP contribution in [0, 0.1) is 24.7 Å². The number of carbonyl (C=O) groups is 7. The van der Waals surface area contributed by atoms with Gasteiger partial charge in [-0.25, -0.2) is 0 Å². The molecule has 1 aliphatic rings. The van der Waals surface area contributed by atoms with Crippen LogP contribution in [0.1, 0.15) is 95.4 Å². The van der Waals surface area contributed by atoms with E-state index in [1.54, 1.807) is 51.1 Å². The average Bonchev–Trinajstić information content (AvgIpc) is 3.23. The molecule has 0 aliphatic heterocycles. The Balaban J connectivity index is 1.37. The number of nitrogens with one attached hydrogen (secondary N) is 1. The van der Waals surface area contributed by atoms with Gasteiger partial charge in [-0.15, -0.1) is 0 Å². The number of nitrogens with zero attached hydrogens (tertiary/aromatic N) is 1. The highest BCUT2D eigenvalue weighted by molar-refractivity contribution is 6.44. The van der Waals surface area contributed by atoms with E-state index < -0.39 is 71.4 Å². The second kappa shape index (κ2) is 22.3. The molecule has 58 heavy (non-hydrogen) atoms. The number of Topliss-reactive ketones (excluding diaryl/α,β-unsaturated/α-hetero) is 4. The van der Waals surface area contributed by atoms with Crippen LogP contribution in [0.5, 0.6) is 11.5 Å². The SMILES string of the molecule is COc1c(N[C@H]2CC(=O)C(=O)[C@H](Cc3ccccc3)[C@H](OC(=O)C(C)C)[C@H](C)C(=O)C2=O)cnc(C)c1OC(=O)CCCCCCCCC(=O)OCc1ccccc1. The lowest BCUT2D eigenvalue weighted by atomic mass is 9.81. The van der Waals surface area contributed by atoms with Gasteiger partial charge in [0.15, 0.2) is 11.5 Å². The number of anilines is 1. The van der Waals surface area contributed by atoms with E-state index >= 15 is 0 Å². The molecule has 0 unspecified atom stereocenters. The van der Waals surface area contributed by atoms with Crippen LogP contribution in [-0.2, 0) is 56.1 Å². The molecule has 0 amide bonds. The van der Waals surface area contributed by atoms with Gasteiger partial charge in [0.25, 0.3) is 0 Å². The zero-order chi connectivity index (χ0) is 42.2. The van der Waals surface area contributed by atoms with Gasteiger partial charge in [0.1, 0.15) is 18.8 Å². The third-order valence-corrected chi connectivity index (χ3v) is 10.1. The lowest BCUT2D eigenvalue weighted by Gasteiger charge is -2.29. The first kappa shape index (κ1) is 45.0. The second-order valence-electron chi connectivity index (χ2n) is 14.9. The second-order valence-corrected chi connectivity index (χ2v) is 14.9. The van der Waals surface area contributed by atoms with E-state index in [9.17, 15) is 33.6 Å². The molecule has 4 rings (SSSR count). The van der Waals surface area contributed by atoms with Gasteiger partial charge in [-0.2, -0.15) is 0 Å². The maximum atomic E-state index is 13.9. The first-order valence-electron chi connectivity index (χ1n) is 19.9. The van der Waals surface area contributed by atoms with E-state index in [0.29, 0.717) is 24.1 Å². The van der Waals surface area contributed by atoms with Gasteiger partial charge in [-0.3, -0.25) is 38.5 Å². The molecular weight excluding hydrogens is 744 g/mol. The number of methoxy groups -OCH3 is 1. The molecule has 0 radical (unpaired) electrons. The summed E-state index contributed by atoms with van der Waals surface area (Å²) in [6.07, 6.45) is 4.45. The first-order chi connectivity index (χ1) is 27.8. The average molecular weight is 799 g/mol. The fourth-order valence-electron chi connectivity index (χ4n) is 6.68. The maximum absolute atomic E-state index is 13.9. The van der Waals surface area contributed by atoms with Crippen LogP contribution in [0.15, 0.2) is 66.9 Å². The molecule has 1 N–H and O–H groups in total. The molecule has 13 heteroatoms. The van der Waals surface area contributed by atoms with E-state index in [2.05, 4.69) is 10.3 Å². The predicted octanol–water partition coefficient (Wildman–Crippen LogP) is 6.69. The number of pyridine rings is 1. The van der Waals surface area contributed by atoms with Gasteiger partial charge in [-0.1, -0.05) is 107 Å². The van der Waals surface area contributed by atoms with E-state index in [1.165, 1.54) is 20.2 Å². The summed E-state index contributed by atoms with van der Waals surface area (Å²) in [6.45, 7) is 6.48. The Hall–Kier alpha value is -5.72. The highest BCUT2D eigenvalue weighted by atomic mass is 16.6. The zero-order valence-electron chi connectivity index (χ0n) is 34.0. The van der Waals surface area contributed by atoms with E-state index in [0.717, 1.165) is 37.7 Å². The van der Waals surface area contributed by atoms with Crippen LogP contribution in [0.3, 0.4) is 0 Å². The Morgan fingerprint density at radius 2 is 1.36 bits per heavy atom. The van der Waals surface area contributed by atoms with Gasteiger partial charge < -0.3 is 24.3 Å². The number of aromatic nitrogens is 1. The van der Waals surface area contributed by atoms with Crippen molar-refractivity contribution < 1.29 is 52.5 Å². The number of aryl methyl sites for hydroxylation is 1. The minimum Gasteiger partial charge on any atom is -0.491 e. The number of ketones is 4. The summed E-state index contributed by atoms with van der Waals surface area (Å²) in [6, 6.07) is 16.8. The van der Waals surface area contributed by atoms with Gasteiger partial charge in [0.05, 0.1) is 42.4 Å². The molecule has 13 nitrogen and oxygen atoms in total. The number of carbonyl (C=O) groups excluding carboxylic acids is 7. The fourth-order valence-corrected chi connectivity index (χ4v) is 6.68. The molecule has 1 heterocycles. The molecule has 2 aromatic carbocycles. The third kappa shape index (κ3) is 12.9. The number of esters is 3. The Morgan fingerprint density at radius 1 is 0.776 bits per heavy atom. The van der Waals surface area contributed by atoms with Gasteiger partial charge in [0.2, 0.25) is 23.1 Å². The van der Waals surface area contributed by atoms with E-state index in [4.69, 9.17) is 18.9 Å². The molecule has 0 spiro atoms. The zero-order valence-corrected chi connectivity index (χ0v) is 34.0. The molecule has 1 aliphatic carbocycles. The highest BCUT2D eigenvalue weighted by Gasteiger charge is 2.46. The largest absolute Gasteiger partial charge is 0.491 e. The molecule has 3 aromatic rings. The van der Waals surface area contributed by atoms with Crippen molar-refractivity contribution in [1.29, 1.82) is 0 Å². The molecule has 0 bridgehead atoms. The lowest BCUT2D eigenvalue weighted by Crippen LogP contribution is -2.45. The summed E-state index contributed by atoms with van der Waals surface area (Å²) in [5.74, 6) is -8.20. The Morgan fingerprint density at radius 3 is 1.97 bits per heavy atom. The Labute approximate surface area is 339 Å². The van der Waals surface area contributed by atoms with Crippen LogP contribution in [0.2, 0.25) is 0 Å². The van der Waals surface area contributed by atoms with Gasteiger partial charge in [0, 0.05) is 19.3 Å². The minimum absolute atomic E-state index is 0.00199. The smallest absolute Gasteiger partial charge is 0.311 e. The number of hydrogen-bond donors (Lipinski definition) is 1. The molecule has 1 saturated carbocycles. The fraction of sp³-hybridized carbons (Fsp3) is 0.467. The molecule has 1 fully saturated rings. The number of unbranched alkanes of at least 4 members (excludes halogenated alkanes) is 5. The first-order valence-corrected chi connectivity index (χ1v) is 19.9. The summed E-state index contributed by atoms with van der Waals surface area (Å²) < 4.78 is 22.3. The van der Waals surface area contributed by atoms with Crippen molar-refractivity contribution in [2.45, 2.75) is 111 Å². The monoisotopic (exact) mass is 798 g/mol. The van der Waals surface area contributed by atoms with Crippen LogP contribution < -0.4 is 14.8 Å². The molecule has 1 aromatic heterocycles. The molecular formula is C45H54N2O11. The van der Waals surface area contributed by atoms with Crippen LogP contribution >= 0.6 is 0 Å². The number of hydrogen-bond acceptors (Lipinski definition) is 13. The summed E-state index contributed by atoms with van der Waals surface area (Å²) in [5.41, 5.74) is 2.00. The highest BCUT2D eigenvalue weighted by Crippen LogP contribution is 2.38. The van der Waals surface area contributed by atoms with Crippen LogP contribution in [-0.4, -0.2) is 65.3 Å². The Kier molecular flexibility index (Phi) is 17.3. The summed E-state index contributed by atoms with van der Waals surface area (Å²) in [4.78, 5) is 97.2. The van der Waals surface area contributed by atoms with Crippen molar-refractivity contribution in [3.8, 4) is 11.5 Å². The number of benzene rings is 2. The summed E-state index contributed by atoms with van der Waals surface area (Å²) in [5, 5.41) is 2.87. The van der Waals surface area contributed by atoms with Gasteiger partial charge >= 0.3 is 17.9 Å². The van der Waals surface area contributed by atoms with Crippen molar-refractivity contribution in [3.05, 3.63) is 83.7 Å². The maximum Gasteiger partial charge on any atom is 0.311 e. The van der Waals surface area contributed by atoms with Gasteiger partial charge in [-0.05, 0) is 37.3 Å². The van der Waals surface area contributed by atoms with Crippen molar-refractivity contribution >= 4 is 46.7 Å². The normalized spacial score (nSPS) is 18.5. The lowest BCUT2D eigenvalue weighted by molar-refractivity contribution is -0.163. The van der Waals surface area contributed by atoms with Crippen molar-refractivity contribution in [2.75, 3.05) is 12.4 Å².